The van der Waals surface area contributed by atoms with Crippen LogP contribution < -0.4 is 5.32 Å². The van der Waals surface area contributed by atoms with Crippen LogP contribution in [0.15, 0.2) is 23.1 Å². The maximum absolute atomic E-state index is 4.34. The van der Waals surface area contributed by atoms with Crippen LogP contribution in [0.2, 0.25) is 0 Å². The molecule has 0 saturated carbocycles. The normalized spacial score (nSPS) is 9.73. The summed E-state index contributed by atoms with van der Waals surface area (Å²) in [6.45, 7) is 5.11. The Labute approximate surface area is 73.2 Å². The molecular formula is C9H13NS. The van der Waals surface area contributed by atoms with Crippen LogP contribution in [-0.2, 0) is 0 Å². The Kier molecular flexibility index (Phi) is 2.83. The average Bonchev–Trinajstić information content (AvgIpc) is 1.97. The van der Waals surface area contributed by atoms with Gasteiger partial charge in [-0.3, -0.25) is 0 Å². The lowest BCUT2D eigenvalue weighted by Crippen LogP contribution is -1.99. The molecule has 0 bridgehead atoms. The number of rotatable bonds is 2. The smallest absolute Gasteiger partial charge is 0.0505 e. The summed E-state index contributed by atoms with van der Waals surface area (Å²) >= 11 is 4.34. The number of nitrogens with one attached hydrogen (secondary N) is 1. The molecule has 0 aliphatic carbocycles. The van der Waals surface area contributed by atoms with Crippen LogP contribution in [0.25, 0.3) is 0 Å². The minimum Gasteiger partial charge on any atom is -0.384 e. The van der Waals surface area contributed by atoms with Crippen molar-refractivity contribution in [2.45, 2.75) is 18.7 Å². The number of benzene rings is 1. The largest absolute Gasteiger partial charge is 0.384 e. The fraction of sp³-hybridized carbons (Fsp3) is 0.333. The molecule has 0 aromatic heterocycles. The SMILES string of the molecule is CCNc1c(C)cccc1S. The van der Waals surface area contributed by atoms with Crippen molar-refractivity contribution in [3.63, 3.8) is 0 Å². The fourth-order valence-corrected chi connectivity index (χ4v) is 1.40. The van der Waals surface area contributed by atoms with Gasteiger partial charge in [-0.1, -0.05) is 12.1 Å². The molecular weight excluding hydrogens is 154 g/mol. The first-order valence-corrected chi connectivity index (χ1v) is 4.23. The number of thiol groups is 1. The Morgan fingerprint density at radius 3 is 2.73 bits per heavy atom. The molecule has 0 saturated heterocycles. The molecule has 1 aromatic carbocycles. The third-order valence-corrected chi connectivity index (χ3v) is 1.98. The topological polar surface area (TPSA) is 12.0 Å². The van der Waals surface area contributed by atoms with Crippen molar-refractivity contribution >= 4 is 18.3 Å². The van der Waals surface area contributed by atoms with Gasteiger partial charge in [0, 0.05) is 11.4 Å². The van der Waals surface area contributed by atoms with E-state index in [1.807, 2.05) is 12.1 Å². The molecule has 0 aliphatic heterocycles. The summed E-state index contributed by atoms with van der Waals surface area (Å²) in [4.78, 5) is 1.02. The molecule has 0 radical (unpaired) electrons. The number of para-hydroxylation sites is 1. The minimum atomic E-state index is 0.943. The van der Waals surface area contributed by atoms with Crippen molar-refractivity contribution in [2.75, 3.05) is 11.9 Å². The molecule has 0 heterocycles. The maximum Gasteiger partial charge on any atom is 0.0505 e. The summed E-state index contributed by atoms with van der Waals surface area (Å²) in [6, 6.07) is 6.09. The molecule has 0 fully saturated rings. The Hall–Kier alpha value is -0.630. The molecule has 1 aromatic rings. The van der Waals surface area contributed by atoms with Gasteiger partial charge in [-0.15, -0.1) is 12.6 Å². The summed E-state index contributed by atoms with van der Waals surface area (Å²) in [5, 5.41) is 3.27. The van der Waals surface area contributed by atoms with Gasteiger partial charge in [0.2, 0.25) is 0 Å². The monoisotopic (exact) mass is 167 g/mol. The van der Waals surface area contributed by atoms with Gasteiger partial charge in [-0.25, -0.2) is 0 Å². The zero-order chi connectivity index (χ0) is 8.27. The minimum absolute atomic E-state index is 0.943. The van der Waals surface area contributed by atoms with Crippen molar-refractivity contribution in [3.05, 3.63) is 23.8 Å². The maximum atomic E-state index is 4.34. The van der Waals surface area contributed by atoms with E-state index in [1.54, 1.807) is 0 Å². The van der Waals surface area contributed by atoms with Gasteiger partial charge in [0.1, 0.15) is 0 Å². The Morgan fingerprint density at radius 2 is 2.18 bits per heavy atom. The van der Waals surface area contributed by atoms with Gasteiger partial charge in [-0.2, -0.15) is 0 Å². The quantitative estimate of drug-likeness (QED) is 0.645. The average molecular weight is 167 g/mol. The summed E-state index contributed by atoms with van der Waals surface area (Å²) in [5.74, 6) is 0. The number of hydrogen-bond acceptors (Lipinski definition) is 2. The van der Waals surface area contributed by atoms with E-state index in [2.05, 4.69) is 37.9 Å². The van der Waals surface area contributed by atoms with Gasteiger partial charge >= 0.3 is 0 Å². The van der Waals surface area contributed by atoms with Gasteiger partial charge in [0.25, 0.3) is 0 Å². The lowest BCUT2D eigenvalue weighted by atomic mass is 10.2. The van der Waals surface area contributed by atoms with E-state index < -0.39 is 0 Å². The van der Waals surface area contributed by atoms with E-state index >= 15 is 0 Å². The second-order valence-corrected chi connectivity index (χ2v) is 2.98. The van der Waals surface area contributed by atoms with Crippen molar-refractivity contribution in [1.82, 2.24) is 0 Å². The predicted octanol–water partition coefficient (Wildman–Crippen LogP) is 2.72. The summed E-state index contributed by atoms with van der Waals surface area (Å²) in [7, 11) is 0. The van der Waals surface area contributed by atoms with Crippen molar-refractivity contribution in [2.24, 2.45) is 0 Å². The van der Waals surface area contributed by atoms with Gasteiger partial charge in [0.05, 0.1) is 5.69 Å². The summed E-state index contributed by atoms with van der Waals surface area (Å²) in [6.07, 6.45) is 0. The lowest BCUT2D eigenvalue weighted by molar-refractivity contribution is 1.17. The first-order chi connectivity index (χ1) is 5.25. The highest BCUT2D eigenvalue weighted by Gasteiger charge is 1.98. The van der Waals surface area contributed by atoms with Crippen LogP contribution in [0.4, 0.5) is 5.69 Å². The van der Waals surface area contributed by atoms with E-state index in [9.17, 15) is 0 Å². The Morgan fingerprint density at radius 1 is 1.45 bits per heavy atom. The van der Waals surface area contributed by atoms with Crippen molar-refractivity contribution in [1.29, 1.82) is 0 Å². The summed E-state index contributed by atoms with van der Waals surface area (Å²) in [5.41, 5.74) is 2.40. The molecule has 0 unspecified atom stereocenters. The van der Waals surface area contributed by atoms with E-state index in [4.69, 9.17) is 0 Å². The number of aryl methyl sites for hydroxylation is 1. The van der Waals surface area contributed by atoms with E-state index in [0.29, 0.717) is 0 Å². The van der Waals surface area contributed by atoms with Crippen LogP contribution >= 0.6 is 12.6 Å². The molecule has 0 atom stereocenters. The van der Waals surface area contributed by atoms with Crippen LogP contribution in [0.5, 0.6) is 0 Å². The third-order valence-electron chi connectivity index (χ3n) is 1.60. The molecule has 0 spiro atoms. The third kappa shape index (κ3) is 1.90. The van der Waals surface area contributed by atoms with E-state index in [0.717, 1.165) is 17.1 Å². The molecule has 1 rings (SSSR count). The highest BCUT2D eigenvalue weighted by Crippen LogP contribution is 2.22. The van der Waals surface area contributed by atoms with Gasteiger partial charge in [0.15, 0.2) is 0 Å². The second kappa shape index (κ2) is 3.67. The first kappa shape index (κ1) is 8.47. The molecule has 1 N–H and O–H groups in total. The highest BCUT2D eigenvalue weighted by molar-refractivity contribution is 7.80. The standard InChI is InChI=1S/C9H13NS/c1-3-10-9-7(2)5-4-6-8(9)11/h4-6,10-11H,3H2,1-2H3. The van der Waals surface area contributed by atoms with E-state index in [-0.39, 0.29) is 0 Å². The van der Waals surface area contributed by atoms with Crippen LogP contribution in [0.3, 0.4) is 0 Å². The van der Waals surface area contributed by atoms with Gasteiger partial charge in [-0.05, 0) is 25.5 Å². The first-order valence-electron chi connectivity index (χ1n) is 3.78. The van der Waals surface area contributed by atoms with Crippen molar-refractivity contribution in [3.8, 4) is 0 Å². The molecule has 0 amide bonds. The summed E-state index contributed by atoms with van der Waals surface area (Å²) < 4.78 is 0. The Bertz CT molecular complexity index is 225. The zero-order valence-electron chi connectivity index (χ0n) is 6.89. The molecule has 60 valence electrons. The molecule has 2 heteroatoms. The van der Waals surface area contributed by atoms with E-state index in [1.165, 1.54) is 5.56 Å². The highest BCUT2D eigenvalue weighted by atomic mass is 32.1. The van der Waals surface area contributed by atoms with Crippen molar-refractivity contribution < 1.29 is 0 Å². The van der Waals surface area contributed by atoms with Crippen LogP contribution in [0, 0.1) is 6.92 Å². The Balaban J connectivity index is 3.00. The van der Waals surface area contributed by atoms with Gasteiger partial charge < -0.3 is 5.32 Å². The number of anilines is 1. The zero-order valence-corrected chi connectivity index (χ0v) is 7.78. The number of hydrogen-bond donors (Lipinski definition) is 2. The second-order valence-electron chi connectivity index (χ2n) is 2.50. The molecule has 11 heavy (non-hydrogen) atoms. The molecule has 0 aliphatic rings. The molecule has 1 nitrogen and oxygen atoms in total. The predicted molar refractivity (Wildman–Crippen MR) is 52.6 cm³/mol. The van der Waals surface area contributed by atoms with Crippen LogP contribution in [0.1, 0.15) is 12.5 Å². The van der Waals surface area contributed by atoms with Crippen LogP contribution in [-0.4, -0.2) is 6.54 Å². The lowest BCUT2D eigenvalue weighted by Gasteiger charge is -2.09. The fourth-order valence-electron chi connectivity index (χ4n) is 1.06.